The highest BCUT2D eigenvalue weighted by molar-refractivity contribution is 6.22. The lowest BCUT2D eigenvalue weighted by molar-refractivity contribution is -0.124. The number of urea groups is 1. The molecule has 0 aromatic heterocycles. The Bertz CT molecular complexity index is 1070. The van der Waals surface area contributed by atoms with Gasteiger partial charge in [0.2, 0.25) is 5.91 Å². The van der Waals surface area contributed by atoms with Crippen molar-refractivity contribution in [3.63, 3.8) is 0 Å². The first-order valence-corrected chi connectivity index (χ1v) is 10.4. The Morgan fingerprint density at radius 2 is 1.88 bits per heavy atom. The van der Waals surface area contributed by atoms with E-state index in [4.69, 9.17) is 9.47 Å². The van der Waals surface area contributed by atoms with Crippen LogP contribution in [0.3, 0.4) is 0 Å². The topological polar surface area (TPSA) is 105 Å². The van der Waals surface area contributed by atoms with Crippen molar-refractivity contribution < 1.29 is 28.7 Å². The van der Waals surface area contributed by atoms with Gasteiger partial charge in [-0.15, -0.1) is 6.58 Å². The molecule has 1 atom stereocenters. The van der Waals surface area contributed by atoms with E-state index < -0.39 is 29.9 Å². The minimum Gasteiger partial charge on any atom is -0.497 e. The fraction of sp³-hybridized carbons (Fsp3) is 0.250. The summed E-state index contributed by atoms with van der Waals surface area (Å²) in [6.45, 7) is 5.68. The number of carbonyl (C=O) groups is 4. The summed E-state index contributed by atoms with van der Waals surface area (Å²) >= 11 is 0. The smallest absolute Gasteiger partial charge is 0.338 e. The Labute approximate surface area is 191 Å². The van der Waals surface area contributed by atoms with Crippen LogP contribution in [0.15, 0.2) is 61.2 Å². The average Bonchev–Trinajstić information content (AvgIpc) is 3.03. The van der Waals surface area contributed by atoms with Crippen LogP contribution < -0.4 is 15.0 Å². The van der Waals surface area contributed by atoms with Crippen molar-refractivity contribution in [3.05, 3.63) is 66.7 Å². The molecule has 1 fully saturated rings. The fourth-order valence-corrected chi connectivity index (χ4v) is 3.48. The molecule has 0 aliphatic carbocycles. The summed E-state index contributed by atoms with van der Waals surface area (Å²) in [5.74, 6) is -0.908. The van der Waals surface area contributed by atoms with Gasteiger partial charge in [0, 0.05) is 12.2 Å². The van der Waals surface area contributed by atoms with Crippen molar-refractivity contribution in [2.45, 2.75) is 19.4 Å². The van der Waals surface area contributed by atoms with Gasteiger partial charge in [0.05, 0.1) is 31.4 Å². The summed E-state index contributed by atoms with van der Waals surface area (Å²) in [4.78, 5) is 53.1. The molecule has 0 bridgehead atoms. The molecule has 4 amide bonds. The van der Waals surface area contributed by atoms with E-state index in [0.29, 0.717) is 22.7 Å². The summed E-state index contributed by atoms with van der Waals surface area (Å²) in [5, 5.41) is 2.68. The Morgan fingerprint density at radius 1 is 1.15 bits per heavy atom. The van der Waals surface area contributed by atoms with Crippen LogP contribution >= 0.6 is 0 Å². The van der Waals surface area contributed by atoms with Crippen LogP contribution in [0.25, 0.3) is 0 Å². The number of methoxy groups -OCH3 is 1. The summed E-state index contributed by atoms with van der Waals surface area (Å²) in [6, 6.07) is 11.3. The van der Waals surface area contributed by atoms with Crippen LogP contribution in [0.5, 0.6) is 5.75 Å². The minimum absolute atomic E-state index is 0.105. The summed E-state index contributed by atoms with van der Waals surface area (Å²) in [6.07, 6.45) is 1.24. The maximum absolute atomic E-state index is 13.1. The van der Waals surface area contributed by atoms with E-state index in [1.165, 1.54) is 24.2 Å². The van der Waals surface area contributed by atoms with Crippen molar-refractivity contribution in [1.82, 2.24) is 4.90 Å². The first kappa shape index (κ1) is 23.5. The predicted molar refractivity (Wildman–Crippen MR) is 122 cm³/mol. The molecule has 0 unspecified atom stereocenters. The maximum atomic E-state index is 13.1. The molecule has 1 saturated heterocycles. The number of esters is 1. The third-order valence-corrected chi connectivity index (χ3v) is 5.01. The molecule has 172 valence electrons. The van der Waals surface area contributed by atoms with Gasteiger partial charge in [0.25, 0.3) is 5.91 Å². The third-order valence-electron chi connectivity index (χ3n) is 5.01. The first-order chi connectivity index (χ1) is 15.9. The zero-order chi connectivity index (χ0) is 24.0. The number of nitrogens with zero attached hydrogens (tertiary/aromatic N) is 2. The molecule has 33 heavy (non-hydrogen) atoms. The minimum atomic E-state index is -0.995. The van der Waals surface area contributed by atoms with Crippen LogP contribution in [0.4, 0.5) is 16.2 Å². The second kappa shape index (κ2) is 10.4. The highest BCUT2D eigenvalue weighted by atomic mass is 16.5. The molecule has 1 heterocycles. The van der Waals surface area contributed by atoms with Crippen LogP contribution in [-0.2, 0) is 14.3 Å². The molecular weight excluding hydrogens is 426 g/mol. The van der Waals surface area contributed by atoms with E-state index in [0.717, 1.165) is 4.90 Å². The second-order valence-electron chi connectivity index (χ2n) is 7.16. The normalized spacial score (nSPS) is 15.4. The molecule has 1 aliphatic rings. The zero-order valence-electron chi connectivity index (χ0n) is 18.4. The van der Waals surface area contributed by atoms with E-state index in [2.05, 4.69) is 11.9 Å². The van der Waals surface area contributed by atoms with Crippen molar-refractivity contribution >= 4 is 35.2 Å². The molecular formula is C24H25N3O6. The van der Waals surface area contributed by atoms with E-state index >= 15 is 0 Å². The Balaban J connectivity index is 1.76. The summed E-state index contributed by atoms with van der Waals surface area (Å²) in [7, 11) is 1.52. The number of anilines is 2. The largest absolute Gasteiger partial charge is 0.497 e. The lowest BCUT2D eigenvalue weighted by Gasteiger charge is -2.19. The third kappa shape index (κ3) is 5.20. The SMILES string of the molecule is C=CCN1C(=O)N(c2ccc(OC)cc2)C(=O)[C@H]1CC(=O)Nc1cccc(C(=O)OCC)c1. The van der Waals surface area contributed by atoms with Gasteiger partial charge >= 0.3 is 12.0 Å². The van der Waals surface area contributed by atoms with Crippen LogP contribution in [0, 0.1) is 0 Å². The fourth-order valence-electron chi connectivity index (χ4n) is 3.48. The van der Waals surface area contributed by atoms with Gasteiger partial charge in [0.1, 0.15) is 11.8 Å². The molecule has 3 rings (SSSR count). The highest BCUT2D eigenvalue weighted by Gasteiger charge is 2.46. The highest BCUT2D eigenvalue weighted by Crippen LogP contribution is 2.28. The number of nitrogens with one attached hydrogen (secondary N) is 1. The quantitative estimate of drug-likeness (QED) is 0.357. The number of amides is 4. The van der Waals surface area contributed by atoms with Gasteiger partial charge in [-0.1, -0.05) is 12.1 Å². The van der Waals surface area contributed by atoms with Crippen molar-refractivity contribution in [1.29, 1.82) is 0 Å². The number of benzene rings is 2. The lowest BCUT2D eigenvalue weighted by Crippen LogP contribution is -2.38. The van der Waals surface area contributed by atoms with Crippen LogP contribution in [0.1, 0.15) is 23.7 Å². The Hall–Kier alpha value is -4.14. The van der Waals surface area contributed by atoms with Gasteiger partial charge in [-0.25, -0.2) is 14.5 Å². The number of ether oxygens (including phenoxy) is 2. The first-order valence-electron chi connectivity index (χ1n) is 10.4. The molecule has 1 N–H and O–H groups in total. The number of carbonyl (C=O) groups excluding carboxylic acids is 4. The van der Waals surface area contributed by atoms with Gasteiger partial charge < -0.3 is 19.7 Å². The number of rotatable bonds is 9. The van der Waals surface area contributed by atoms with Crippen LogP contribution in [-0.4, -0.2) is 55.0 Å². The second-order valence-corrected chi connectivity index (χ2v) is 7.16. The molecule has 2 aromatic rings. The maximum Gasteiger partial charge on any atom is 0.338 e. The number of hydrogen-bond donors (Lipinski definition) is 1. The monoisotopic (exact) mass is 451 g/mol. The standard InChI is InChI=1S/C24H25N3O6/c1-4-13-26-20(22(29)27(24(26)31)18-9-11-19(32-3)12-10-18)15-21(28)25-17-8-6-7-16(14-17)23(30)33-5-2/h4,6-12,14,20H,1,5,13,15H2,2-3H3,(H,25,28)/t20-/m1/s1. The van der Waals surface area contributed by atoms with Crippen molar-refractivity contribution in [2.24, 2.45) is 0 Å². The molecule has 1 aliphatic heterocycles. The van der Waals surface area contributed by atoms with Crippen molar-refractivity contribution in [3.8, 4) is 5.75 Å². The molecule has 0 saturated carbocycles. The molecule has 9 heteroatoms. The molecule has 0 spiro atoms. The van der Waals surface area contributed by atoms with E-state index in [-0.39, 0.29) is 19.6 Å². The molecule has 9 nitrogen and oxygen atoms in total. The molecule has 2 aromatic carbocycles. The Kier molecular flexibility index (Phi) is 7.45. The lowest BCUT2D eigenvalue weighted by atomic mass is 10.1. The van der Waals surface area contributed by atoms with Gasteiger partial charge in [-0.3, -0.25) is 9.59 Å². The predicted octanol–water partition coefficient (Wildman–Crippen LogP) is 3.22. The van der Waals surface area contributed by atoms with E-state index in [9.17, 15) is 19.2 Å². The summed E-state index contributed by atoms with van der Waals surface area (Å²) in [5.41, 5.74) is 1.05. The average molecular weight is 451 g/mol. The van der Waals surface area contributed by atoms with Gasteiger partial charge in [-0.05, 0) is 49.4 Å². The van der Waals surface area contributed by atoms with Crippen LogP contribution in [0.2, 0.25) is 0 Å². The van der Waals surface area contributed by atoms with Gasteiger partial charge in [-0.2, -0.15) is 0 Å². The Morgan fingerprint density at radius 3 is 2.52 bits per heavy atom. The number of imide groups is 1. The van der Waals surface area contributed by atoms with Crippen molar-refractivity contribution in [2.75, 3.05) is 30.5 Å². The van der Waals surface area contributed by atoms with E-state index in [1.807, 2.05) is 0 Å². The van der Waals surface area contributed by atoms with Gasteiger partial charge in [0.15, 0.2) is 0 Å². The molecule has 0 radical (unpaired) electrons. The summed E-state index contributed by atoms with van der Waals surface area (Å²) < 4.78 is 10.1. The zero-order valence-corrected chi connectivity index (χ0v) is 18.4. The van der Waals surface area contributed by atoms with E-state index in [1.54, 1.807) is 49.4 Å². The number of hydrogen-bond acceptors (Lipinski definition) is 6.